The van der Waals surface area contributed by atoms with Crippen molar-refractivity contribution in [2.24, 2.45) is 0 Å². The molecule has 0 radical (unpaired) electrons. The lowest BCUT2D eigenvalue weighted by molar-refractivity contribution is 0.134. The Morgan fingerprint density at radius 3 is 2.41 bits per heavy atom. The smallest absolute Gasteiger partial charge is 0.295 e. The van der Waals surface area contributed by atoms with Crippen LogP contribution >= 0.6 is 0 Å². The van der Waals surface area contributed by atoms with Crippen molar-refractivity contribution in [1.29, 1.82) is 0 Å². The normalized spacial score (nSPS) is 11.6. The van der Waals surface area contributed by atoms with Crippen molar-refractivity contribution < 1.29 is 17.7 Å². The quantitative estimate of drug-likeness (QED) is 0.824. The van der Waals surface area contributed by atoms with Gasteiger partial charge in [-0.05, 0) is 36.1 Å². The molecule has 0 aliphatic rings. The molecule has 0 amide bonds. The minimum absolute atomic E-state index is 0.0861. The molecule has 2 aromatic rings. The van der Waals surface area contributed by atoms with Crippen molar-refractivity contribution >= 4 is 10.1 Å². The van der Waals surface area contributed by atoms with Crippen LogP contribution < -0.4 is 0 Å². The molecule has 0 bridgehead atoms. The molecular formula is C17H20O4S. The standard InChI is InChI=1S/C17H20O4S/c1-3-13-9-10-15(14(11-13)12-21-4-2)16-7-5-6-8-17(16)22(18,19)20/h5-11H,3-4,12H2,1-2H3,(H,18,19,20). The molecule has 0 unspecified atom stereocenters. The molecule has 0 saturated heterocycles. The van der Waals surface area contributed by atoms with Gasteiger partial charge in [0.15, 0.2) is 0 Å². The number of rotatable bonds is 6. The molecule has 0 aromatic heterocycles. The SMILES string of the molecule is CCOCc1cc(CC)ccc1-c1ccccc1S(=O)(=O)O. The molecule has 0 saturated carbocycles. The van der Waals surface area contributed by atoms with E-state index in [1.54, 1.807) is 18.2 Å². The number of hydrogen-bond acceptors (Lipinski definition) is 3. The van der Waals surface area contributed by atoms with E-state index >= 15 is 0 Å². The van der Waals surface area contributed by atoms with E-state index in [1.807, 2.05) is 25.1 Å². The average Bonchev–Trinajstić information content (AvgIpc) is 2.51. The third-order valence-corrected chi connectivity index (χ3v) is 4.41. The van der Waals surface area contributed by atoms with Gasteiger partial charge >= 0.3 is 0 Å². The van der Waals surface area contributed by atoms with Crippen LogP contribution in [-0.4, -0.2) is 19.6 Å². The third kappa shape index (κ3) is 3.74. The van der Waals surface area contributed by atoms with Crippen LogP contribution in [-0.2, 0) is 27.9 Å². The summed E-state index contributed by atoms with van der Waals surface area (Å²) < 4.78 is 38.1. The van der Waals surface area contributed by atoms with Gasteiger partial charge in [0.25, 0.3) is 10.1 Å². The van der Waals surface area contributed by atoms with E-state index < -0.39 is 10.1 Å². The van der Waals surface area contributed by atoms with Crippen LogP contribution in [0, 0.1) is 0 Å². The largest absolute Gasteiger partial charge is 0.377 e. The number of ether oxygens (including phenoxy) is 1. The van der Waals surface area contributed by atoms with Crippen molar-refractivity contribution in [2.45, 2.75) is 31.8 Å². The number of hydrogen-bond donors (Lipinski definition) is 1. The van der Waals surface area contributed by atoms with Gasteiger partial charge in [-0.1, -0.05) is 43.3 Å². The number of benzene rings is 2. The van der Waals surface area contributed by atoms with Crippen LogP contribution in [0.2, 0.25) is 0 Å². The summed E-state index contributed by atoms with van der Waals surface area (Å²) in [6.07, 6.45) is 0.888. The highest BCUT2D eigenvalue weighted by molar-refractivity contribution is 7.86. The van der Waals surface area contributed by atoms with E-state index in [0.717, 1.165) is 23.1 Å². The predicted octanol–water partition coefficient (Wildman–Crippen LogP) is 3.70. The molecule has 0 heterocycles. The highest BCUT2D eigenvalue weighted by Gasteiger charge is 2.18. The summed E-state index contributed by atoms with van der Waals surface area (Å²) in [5.41, 5.74) is 3.32. The van der Waals surface area contributed by atoms with Crippen molar-refractivity contribution in [1.82, 2.24) is 0 Å². The Bertz CT molecular complexity index is 751. The Balaban J connectivity index is 2.62. The van der Waals surface area contributed by atoms with Crippen LogP contribution in [0.25, 0.3) is 11.1 Å². The van der Waals surface area contributed by atoms with Crippen molar-refractivity contribution in [3.05, 3.63) is 53.6 Å². The summed E-state index contributed by atoms with van der Waals surface area (Å²) in [6.45, 7) is 4.95. The molecule has 118 valence electrons. The summed E-state index contributed by atoms with van der Waals surface area (Å²) >= 11 is 0. The van der Waals surface area contributed by atoms with Gasteiger partial charge in [-0.3, -0.25) is 4.55 Å². The molecule has 22 heavy (non-hydrogen) atoms. The lowest BCUT2D eigenvalue weighted by atomic mass is 9.97. The summed E-state index contributed by atoms with van der Waals surface area (Å²) in [4.78, 5) is -0.0861. The van der Waals surface area contributed by atoms with Crippen LogP contribution in [0.4, 0.5) is 0 Å². The lowest BCUT2D eigenvalue weighted by Gasteiger charge is -2.14. The molecule has 5 heteroatoms. The van der Waals surface area contributed by atoms with Gasteiger partial charge in [-0.15, -0.1) is 0 Å². The Morgan fingerprint density at radius 1 is 1.05 bits per heavy atom. The first kappa shape index (κ1) is 16.7. The first-order chi connectivity index (χ1) is 10.5. The highest BCUT2D eigenvalue weighted by Crippen LogP contribution is 2.31. The monoisotopic (exact) mass is 320 g/mol. The highest BCUT2D eigenvalue weighted by atomic mass is 32.2. The molecule has 0 atom stereocenters. The van der Waals surface area contributed by atoms with Gasteiger partial charge in [0.1, 0.15) is 4.90 Å². The maximum Gasteiger partial charge on any atom is 0.295 e. The molecule has 2 rings (SSSR count). The van der Waals surface area contributed by atoms with Crippen LogP contribution in [0.3, 0.4) is 0 Å². The van der Waals surface area contributed by atoms with E-state index in [2.05, 4.69) is 6.92 Å². The Kier molecular flexibility index (Phi) is 5.34. The van der Waals surface area contributed by atoms with Gasteiger partial charge in [0.05, 0.1) is 6.61 Å². The van der Waals surface area contributed by atoms with E-state index in [9.17, 15) is 13.0 Å². The third-order valence-electron chi connectivity index (χ3n) is 3.49. The minimum Gasteiger partial charge on any atom is -0.377 e. The average molecular weight is 320 g/mol. The molecule has 0 fully saturated rings. The number of aryl methyl sites for hydroxylation is 1. The maximum atomic E-state index is 11.6. The molecule has 0 aliphatic carbocycles. The van der Waals surface area contributed by atoms with Gasteiger partial charge < -0.3 is 4.74 Å². The van der Waals surface area contributed by atoms with Gasteiger partial charge in [-0.2, -0.15) is 8.42 Å². The van der Waals surface area contributed by atoms with E-state index in [-0.39, 0.29) is 4.90 Å². The minimum atomic E-state index is -4.28. The van der Waals surface area contributed by atoms with Crippen molar-refractivity contribution in [3.8, 4) is 11.1 Å². The summed E-state index contributed by atoms with van der Waals surface area (Å²) in [5, 5.41) is 0. The van der Waals surface area contributed by atoms with E-state index in [1.165, 1.54) is 6.07 Å². The fraction of sp³-hybridized carbons (Fsp3) is 0.294. The molecule has 1 N–H and O–H groups in total. The van der Waals surface area contributed by atoms with Crippen LogP contribution in [0.15, 0.2) is 47.4 Å². The molecule has 4 nitrogen and oxygen atoms in total. The van der Waals surface area contributed by atoms with Crippen LogP contribution in [0.5, 0.6) is 0 Å². The molecular weight excluding hydrogens is 300 g/mol. The second-order valence-electron chi connectivity index (χ2n) is 4.95. The van der Waals surface area contributed by atoms with Gasteiger partial charge in [0.2, 0.25) is 0 Å². The van der Waals surface area contributed by atoms with E-state index in [4.69, 9.17) is 4.74 Å². The van der Waals surface area contributed by atoms with Gasteiger partial charge in [0, 0.05) is 12.2 Å². The predicted molar refractivity (Wildman–Crippen MR) is 86.4 cm³/mol. The topological polar surface area (TPSA) is 63.6 Å². The fourth-order valence-corrected chi connectivity index (χ4v) is 3.08. The maximum absolute atomic E-state index is 11.6. The zero-order valence-electron chi connectivity index (χ0n) is 12.7. The summed E-state index contributed by atoms with van der Waals surface area (Å²) in [6, 6.07) is 12.3. The summed E-state index contributed by atoms with van der Waals surface area (Å²) in [5.74, 6) is 0. The Morgan fingerprint density at radius 2 is 1.77 bits per heavy atom. The first-order valence-corrected chi connectivity index (χ1v) is 8.67. The lowest BCUT2D eigenvalue weighted by Crippen LogP contribution is -2.03. The second-order valence-corrected chi connectivity index (χ2v) is 6.34. The first-order valence-electron chi connectivity index (χ1n) is 7.23. The zero-order chi connectivity index (χ0) is 16.2. The van der Waals surface area contributed by atoms with Crippen LogP contribution in [0.1, 0.15) is 25.0 Å². The second kappa shape index (κ2) is 7.05. The molecule has 2 aromatic carbocycles. The van der Waals surface area contributed by atoms with Gasteiger partial charge in [-0.25, -0.2) is 0 Å². The molecule has 0 spiro atoms. The Hall–Kier alpha value is -1.69. The zero-order valence-corrected chi connectivity index (χ0v) is 13.6. The fourth-order valence-electron chi connectivity index (χ4n) is 2.38. The Labute approximate surface area is 131 Å². The van der Waals surface area contributed by atoms with E-state index in [0.29, 0.717) is 18.8 Å². The molecule has 0 aliphatic heterocycles. The summed E-state index contributed by atoms with van der Waals surface area (Å²) in [7, 11) is -4.28. The van der Waals surface area contributed by atoms with Crippen molar-refractivity contribution in [2.75, 3.05) is 6.61 Å². The van der Waals surface area contributed by atoms with Crippen molar-refractivity contribution in [3.63, 3.8) is 0 Å².